The van der Waals surface area contributed by atoms with Crippen LogP contribution in [-0.4, -0.2) is 0 Å². The molecule has 0 aromatic heterocycles. The van der Waals surface area contributed by atoms with Gasteiger partial charge in [0.05, 0.1) is 0 Å². The van der Waals surface area contributed by atoms with Gasteiger partial charge in [-0.2, -0.15) is 0 Å². The Morgan fingerprint density at radius 1 is 0.577 bits per heavy atom. The number of hydrogen-bond acceptors (Lipinski definition) is 0. The minimum atomic E-state index is 1.19. The van der Waals surface area contributed by atoms with Crippen LogP contribution < -0.4 is 0 Å². The fourth-order valence-electron chi connectivity index (χ4n) is 3.40. The Morgan fingerprint density at radius 2 is 1.15 bits per heavy atom. The molecule has 128 valence electrons. The van der Waals surface area contributed by atoms with Crippen molar-refractivity contribution in [3.8, 4) is 0 Å². The highest BCUT2D eigenvalue weighted by Crippen LogP contribution is 2.31. The molecule has 0 heteroatoms. The van der Waals surface area contributed by atoms with Gasteiger partial charge in [-0.15, -0.1) is 0 Å². The van der Waals surface area contributed by atoms with E-state index >= 15 is 0 Å². The summed E-state index contributed by atoms with van der Waals surface area (Å²) in [5.41, 5.74) is 10.8. The van der Waals surface area contributed by atoms with Crippen molar-refractivity contribution in [3.63, 3.8) is 0 Å². The average Bonchev–Trinajstić information content (AvgIpc) is 2.62. The van der Waals surface area contributed by atoms with Crippen LogP contribution in [0.2, 0.25) is 0 Å². The lowest BCUT2D eigenvalue weighted by molar-refractivity contribution is 0.835. The first kappa shape index (κ1) is 16.6. The van der Waals surface area contributed by atoms with E-state index in [1.54, 1.807) is 0 Å². The molecule has 0 radical (unpaired) electrons. The van der Waals surface area contributed by atoms with Gasteiger partial charge >= 0.3 is 0 Å². The van der Waals surface area contributed by atoms with E-state index < -0.39 is 0 Å². The van der Waals surface area contributed by atoms with Gasteiger partial charge in [-0.3, -0.25) is 0 Å². The van der Waals surface area contributed by atoms with Crippen LogP contribution in [-0.2, 0) is 12.8 Å². The van der Waals surface area contributed by atoms with Gasteiger partial charge in [-0.05, 0) is 60.1 Å². The maximum atomic E-state index is 2.29. The van der Waals surface area contributed by atoms with Gasteiger partial charge < -0.3 is 0 Å². The van der Waals surface area contributed by atoms with Crippen molar-refractivity contribution in [1.82, 2.24) is 0 Å². The molecule has 26 heavy (non-hydrogen) atoms. The molecule has 0 heterocycles. The van der Waals surface area contributed by atoms with Crippen LogP contribution in [0.4, 0.5) is 0 Å². The summed E-state index contributed by atoms with van der Waals surface area (Å²) in [6.45, 7) is 4.25. The Bertz CT molecular complexity index is 968. The topological polar surface area (TPSA) is 0 Å². The largest absolute Gasteiger partial charge is 0.0587 e. The van der Waals surface area contributed by atoms with Gasteiger partial charge in [0.15, 0.2) is 0 Å². The van der Waals surface area contributed by atoms with Crippen molar-refractivity contribution in [1.29, 1.82) is 0 Å². The molecule has 0 saturated carbocycles. The molecule has 0 spiro atoms. The zero-order valence-electron chi connectivity index (χ0n) is 15.5. The number of rotatable bonds is 4. The number of fused-ring (bicyclic) bond motifs is 1. The zero-order chi connectivity index (χ0) is 17.9. The fraction of sp³-hybridized carbons (Fsp3) is 0.154. The van der Waals surface area contributed by atoms with Crippen molar-refractivity contribution in [2.75, 3.05) is 0 Å². The standard InChI is InChI=1S/C26H24/c1-19-3-7-21(8-4-19)11-13-23-14-15-24-16-18-26(24)25(23)17-12-22-9-5-20(2)6-10-22/h3-15,17H,16,18H2,1-2H3/b13-11+,17-12+. The number of hydrogen-bond donors (Lipinski definition) is 0. The molecule has 4 rings (SSSR count). The third-order valence-electron chi connectivity index (χ3n) is 5.18. The highest BCUT2D eigenvalue weighted by Gasteiger charge is 2.17. The first-order valence-corrected chi connectivity index (χ1v) is 9.33. The van der Waals surface area contributed by atoms with Crippen molar-refractivity contribution in [2.45, 2.75) is 26.7 Å². The minimum absolute atomic E-state index is 1.19. The lowest BCUT2D eigenvalue weighted by atomic mass is 9.82. The number of benzene rings is 3. The van der Waals surface area contributed by atoms with E-state index in [0.717, 1.165) is 0 Å². The third-order valence-corrected chi connectivity index (χ3v) is 5.18. The van der Waals surface area contributed by atoms with Crippen LogP contribution in [0.15, 0.2) is 60.7 Å². The van der Waals surface area contributed by atoms with Crippen LogP contribution >= 0.6 is 0 Å². The van der Waals surface area contributed by atoms with Crippen molar-refractivity contribution < 1.29 is 0 Å². The highest BCUT2D eigenvalue weighted by molar-refractivity contribution is 5.82. The van der Waals surface area contributed by atoms with E-state index in [2.05, 4.69) is 98.8 Å². The fourth-order valence-corrected chi connectivity index (χ4v) is 3.40. The number of aryl methyl sites for hydroxylation is 3. The second-order valence-corrected chi connectivity index (χ2v) is 7.19. The van der Waals surface area contributed by atoms with Crippen molar-refractivity contribution in [3.05, 3.63) is 105 Å². The molecule has 0 N–H and O–H groups in total. The molecule has 0 unspecified atom stereocenters. The van der Waals surface area contributed by atoms with E-state index in [1.165, 1.54) is 57.3 Å². The molecule has 1 aliphatic carbocycles. The molecule has 0 atom stereocenters. The van der Waals surface area contributed by atoms with Crippen molar-refractivity contribution >= 4 is 24.3 Å². The zero-order valence-corrected chi connectivity index (χ0v) is 15.5. The first-order chi connectivity index (χ1) is 12.7. The normalized spacial score (nSPS) is 13.2. The molecule has 0 saturated heterocycles. The van der Waals surface area contributed by atoms with E-state index in [4.69, 9.17) is 0 Å². The van der Waals surface area contributed by atoms with Gasteiger partial charge in [0.1, 0.15) is 0 Å². The van der Waals surface area contributed by atoms with Crippen LogP contribution in [0.1, 0.15) is 44.5 Å². The van der Waals surface area contributed by atoms with Crippen LogP contribution in [0.5, 0.6) is 0 Å². The Hall–Kier alpha value is -2.86. The summed E-state index contributed by atoms with van der Waals surface area (Å²) in [6, 6.07) is 21.9. The quantitative estimate of drug-likeness (QED) is 0.463. The molecule has 0 amide bonds. The van der Waals surface area contributed by atoms with Gasteiger partial charge in [0.2, 0.25) is 0 Å². The van der Waals surface area contributed by atoms with E-state index in [1.807, 2.05) is 0 Å². The average molecular weight is 336 g/mol. The molecule has 0 bridgehead atoms. The third kappa shape index (κ3) is 3.55. The summed E-state index contributed by atoms with van der Waals surface area (Å²) >= 11 is 0. The summed E-state index contributed by atoms with van der Waals surface area (Å²) in [4.78, 5) is 0. The molecule has 0 aliphatic heterocycles. The molecule has 0 nitrogen and oxygen atoms in total. The van der Waals surface area contributed by atoms with Gasteiger partial charge in [-0.1, -0.05) is 96.1 Å². The highest BCUT2D eigenvalue weighted by atomic mass is 14.2. The molecule has 3 aromatic rings. The van der Waals surface area contributed by atoms with E-state index in [9.17, 15) is 0 Å². The predicted octanol–water partition coefficient (Wildman–Crippen LogP) is 6.74. The summed E-state index contributed by atoms with van der Waals surface area (Å²) in [5.74, 6) is 0. The second-order valence-electron chi connectivity index (χ2n) is 7.19. The minimum Gasteiger partial charge on any atom is -0.0587 e. The van der Waals surface area contributed by atoms with Crippen LogP contribution in [0, 0.1) is 13.8 Å². The molecular weight excluding hydrogens is 312 g/mol. The van der Waals surface area contributed by atoms with E-state index in [-0.39, 0.29) is 0 Å². The summed E-state index contributed by atoms with van der Waals surface area (Å²) < 4.78 is 0. The maximum absolute atomic E-state index is 2.29. The summed E-state index contributed by atoms with van der Waals surface area (Å²) in [5, 5.41) is 0. The Morgan fingerprint density at radius 3 is 1.69 bits per heavy atom. The Kier molecular flexibility index (Phi) is 4.58. The second kappa shape index (κ2) is 7.17. The molecule has 3 aromatic carbocycles. The lowest BCUT2D eigenvalue weighted by Gasteiger charge is -2.23. The van der Waals surface area contributed by atoms with Gasteiger partial charge in [-0.25, -0.2) is 0 Å². The van der Waals surface area contributed by atoms with Crippen LogP contribution in [0.25, 0.3) is 24.3 Å². The Labute approximate surface area is 156 Å². The SMILES string of the molecule is Cc1ccc(/C=C/c2ccc3c(c2/C=C/c2ccc(C)cc2)CC3)cc1. The predicted molar refractivity (Wildman–Crippen MR) is 114 cm³/mol. The molecule has 1 aliphatic rings. The van der Waals surface area contributed by atoms with Gasteiger partial charge in [0.25, 0.3) is 0 Å². The maximum Gasteiger partial charge on any atom is -0.0149 e. The van der Waals surface area contributed by atoms with Crippen LogP contribution in [0.3, 0.4) is 0 Å². The molecule has 0 fully saturated rings. The summed E-state index contributed by atoms with van der Waals surface area (Å²) in [6.07, 6.45) is 11.4. The van der Waals surface area contributed by atoms with E-state index in [0.29, 0.717) is 0 Å². The summed E-state index contributed by atoms with van der Waals surface area (Å²) in [7, 11) is 0. The first-order valence-electron chi connectivity index (χ1n) is 9.33. The van der Waals surface area contributed by atoms with Gasteiger partial charge in [0, 0.05) is 0 Å². The molecular formula is C26H24. The smallest absolute Gasteiger partial charge is 0.0149 e. The lowest BCUT2D eigenvalue weighted by Crippen LogP contribution is -2.11. The Balaban J connectivity index is 1.66. The monoisotopic (exact) mass is 336 g/mol. The van der Waals surface area contributed by atoms with Crippen molar-refractivity contribution in [2.24, 2.45) is 0 Å².